The Kier molecular flexibility index (Phi) is 7.19. The van der Waals surface area contributed by atoms with Gasteiger partial charge in [-0.25, -0.2) is 0 Å². The van der Waals surface area contributed by atoms with Crippen LogP contribution in [0.1, 0.15) is 38.7 Å². The molecule has 0 aromatic heterocycles. The third-order valence-corrected chi connectivity index (χ3v) is 3.34. The second kappa shape index (κ2) is 8.70. The van der Waals surface area contributed by atoms with E-state index in [-0.39, 0.29) is 24.5 Å². The van der Waals surface area contributed by atoms with Gasteiger partial charge < -0.3 is 10.4 Å². The van der Waals surface area contributed by atoms with Crippen LogP contribution in [0.15, 0.2) is 30.3 Å². The molecule has 2 N–H and O–H groups in total. The van der Waals surface area contributed by atoms with Crippen LogP contribution in [0, 0.1) is 5.92 Å². The minimum atomic E-state index is 0.0323. The smallest absolute Gasteiger partial charge is 0.223 e. The van der Waals surface area contributed by atoms with Crippen LogP contribution < -0.4 is 5.32 Å². The standard InChI is InChI=1S/C16H25NO2/c1-13(16(19)17-14(2)11-12-18)7-6-10-15-8-4-3-5-9-15/h3-5,8-9,13-14,18H,6-7,10-12H2,1-2H3,(H,17,19). The van der Waals surface area contributed by atoms with Crippen LogP contribution >= 0.6 is 0 Å². The lowest BCUT2D eigenvalue weighted by Crippen LogP contribution is -2.36. The van der Waals surface area contributed by atoms with E-state index in [0.717, 1.165) is 19.3 Å². The molecule has 1 aromatic carbocycles. The Labute approximate surface area is 116 Å². The van der Waals surface area contributed by atoms with Crippen molar-refractivity contribution in [1.82, 2.24) is 5.32 Å². The van der Waals surface area contributed by atoms with Crippen molar-refractivity contribution in [2.45, 2.75) is 45.6 Å². The molecule has 0 heterocycles. The molecule has 0 spiro atoms. The Morgan fingerprint density at radius 1 is 1.21 bits per heavy atom. The Hall–Kier alpha value is -1.35. The van der Waals surface area contributed by atoms with Crippen molar-refractivity contribution in [2.75, 3.05) is 6.61 Å². The molecule has 0 bridgehead atoms. The lowest BCUT2D eigenvalue weighted by Gasteiger charge is -2.16. The van der Waals surface area contributed by atoms with Crippen LogP contribution in [0.25, 0.3) is 0 Å². The summed E-state index contributed by atoms with van der Waals surface area (Å²) in [5.74, 6) is 0.124. The van der Waals surface area contributed by atoms with Crippen molar-refractivity contribution >= 4 is 5.91 Å². The predicted octanol–water partition coefficient (Wildman–Crippen LogP) is 2.53. The minimum absolute atomic E-state index is 0.0323. The van der Waals surface area contributed by atoms with Crippen molar-refractivity contribution in [3.8, 4) is 0 Å². The van der Waals surface area contributed by atoms with E-state index in [9.17, 15) is 4.79 Å². The van der Waals surface area contributed by atoms with Gasteiger partial charge in [0, 0.05) is 18.6 Å². The van der Waals surface area contributed by atoms with E-state index in [0.29, 0.717) is 6.42 Å². The molecule has 0 fully saturated rings. The average Bonchev–Trinajstić information content (AvgIpc) is 2.40. The summed E-state index contributed by atoms with van der Waals surface area (Å²) in [5.41, 5.74) is 1.32. The van der Waals surface area contributed by atoms with E-state index in [2.05, 4.69) is 17.4 Å². The summed E-state index contributed by atoms with van der Waals surface area (Å²) >= 11 is 0. The third-order valence-electron chi connectivity index (χ3n) is 3.34. The number of nitrogens with one attached hydrogen (secondary N) is 1. The first kappa shape index (κ1) is 15.7. The zero-order valence-electron chi connectivity index (χ0n) is 11.9. The third kappa shape index (κ3) is 6.39. The number of carbonyl (C=O) groups is 1. The summed E-state index contributed by atoms with van der Waals surface area (Å²) < 4.78 is 0. The SMILES string of the molecule is CC(CCO)NC(=O)C(C)CCCc1ccccc1. The Bertz CT molecular complexity index is 364. The van der Waals surface area contributed by atoms with Crippen LogP contribution in [0.2, 0.25) is 0 Å². The molecule has 0 saturated carbocycles. The summed E-state index contributed by atoms with van der Waals surface area (Å²) in [6.45, 7) is 4.00. The lowest BCUT2D eigenvalue weighted by molar-refractivity contribution is -0.125. The Balaban J connectivity index is 2.23. The fraction of sp³-hybridized carbons (Fsp3) is 0.562. The molecule has 0 aliphatic heterocycles. The molecule has 1 rings (SSSR count). The maximum Gasteiger partial charge on any atom is 0.223 e. The van der Waals surface area contributed by atoms with E-state index < -0.39 is 0 Å². The number of amides is 1. The first-order valence-electron chi connectivity index (χ1n) is 7.08. The molecule has 19 heavy (non-hydrogen) atoms. The second-order valence-electron chi connectivity index (χ2n) is 5.20. The number of aryl methyl sites for hydroxylation is 1. The zero-order valence-corrected chi connectivity index (χ0v) is 11.9. The van der Waals surface area contributed by atoms with Crippen LogP contribution in [0.4, 0.5) is 0 Å². The summed E-state index contributed by atoms with van der Waals surface area (Å²) in [5, 5.41) is 11.7. The van der Waals surface area contributed by atoms with Crippen molar-refractivity contribution < 1.29 is 9.90 Å². The van der Waals surface area contributed by atoms with E-state index in [1.165, 1.54) is 5.56 Å². The highest BCUT2D eigenvalue weighted by Gasteiger charge is 2.14. The van der Waals surface area contributed by atoms with Crippen LogP contribution in [-0.2, 0) is 11.2 Å². The second-order valence-corrected chi connectivity index (χ2v) is 5.20. The maximum atomic E-state index is 11.9. The van der Waals surface area contributed by atoms with Gasteiger partial charge in [0.1, 0.15) is 0 Å². The van der Waals surface area contributed by atoms with Crippen molar-refractivity contribution in [1.29, 1.82) is 0 Å². The first-order valence-corrected chi connectivity index (χ1v) is 7.08. The number of hydrogen-bond acceptors (Lipinski definition) is 2. The summed E-state index contributed by atoms with van der Waals surface area (Å²) in [6.07, 6.45) is 3.55. The van der Waals surface area contributed by atoms with Crippen LogP contribution in [0.3, 0.4) is 0 Å². The van der Waals surface area contributed by atoms with Gasteiger partial charge in [0.05, 0.1) is 0 Å². The van der Waals surface area contributed by atoms with Gasteiger partial charge >= 0.3 is 0 Å². The van der Waals surface area contributed by atoms with Gasteiger partial charge in [-0.2, -0.15) is 0 Å². The highest BCUT2D eigenvalue weighted by Crippen LogP contribution is 2.11. The van der Waals surface area contributed by atoms with Crippen LogP contribution in [-0.4, -0.2) is 23.7 Å². The van der Waals surface area contributed by atoms with Gasteiger partial charge in [-0.3, -0.25) is 4.79 Å². The maximum absolute atomic E-state index is 11.9. The quantitative estimate of drug-likeness (QED) is 0.757. The van der Waals surface area contributed by atoms with Gasteiger partial charge in [0.25, 0.3) is 0 Å². The van der Waals surface area contributed by atoms with Crippen molar-refractivity contribution in [2.24, 2.45) is 5.92 Å². The number of carbonyl (C=O) groups excluding carboxylic acids is 1. The molecule has 2 atom stereocenters. The molecular weight excluding hydrogens is 238 g/mol. The molecule has 3 heteroatoms. The van der Waals surface area contributed by atoms with E-state index in [1.54, 1.807) is 0 Å². The summed E-state index contributed by atoms with van der Waals surface area (Å²) in [4.78, 5) is 11.9. The first-order chi connectivity index (χ1) is 9.13. The van der Waals surface area contributed by atoms with Crippen molar-refractivity contribution in [3.63, 3.8) is 0 Å². The number of hydrogen-bond donors (Lipinski definition) is 2. The molecule has 0 radical (unpaired) electrons. The number of benzene rings is 1. The van der Waals surface area contributed by atoms with E-state index in [4.69, 9.17) is 5.11 Å². The predicted molar refractivity (Wildman–Crippen MR) is 77.9 cm³/mol. The normalized spacial score (nSPS) is 13.8. The number of rotatable bonds is 8. The van der Waals surface area contributed by atoms with Gasteiger partial charge in [0.2, 0.25) is 5.91 Å². The molecular formula is C16H25NO2. The molecule has 1 amide bonds. The van der Waals surface area contributed by atoms with Gasteiger partial charge in [-0.1, -0.05) is 37.3 Å². The average molecular weight is 263 g/mol. The fourth-order valence-corrected chi connectivity index (χ4v) is 2.04. The Morgan fingerprint density at radius 2 is 1.89 bits per heavy atom. The minimum Gasteiger partial charge on any atom is -0.396 e. The monoisotopic (exact) mass is 263 g/mol. The largest absolute Gasteiger partial charge is 0.396 e. The lowest BCUT2D eigenvalue weighted by atomic mass is 10.00. The van der Waals surface area contributed by atoms with E-state index >= 15 is 0 Å². The van der Waals surface area contributed by atoms with Gasteiger partial charge in [-0.05, 0) is 38.2 Å². The number of aliphatic hydroxyl groups is 1. The molecule has 3 nitrogen and oxygen atoms in total. The molecule has 0 aliphatic rings. The van der Waals surface area contributed by atoms with Crippen molar-refractivity contribution in [3.05, 3.63) is 35.9 Å². The molecule has 0 saturated heterocycles. The Morgan fingerprint density at radius 3 is 2.53 bits per heavy atom. The zero-order chi connectivity index (χ0) is 14.1. The summed E-state index contributed by atoms with van der Waals surface area (Å²) in [6, 6.07) is 10.4. The van der Waals surface area contributed by atoms with Gasteiger partial charge in [0.15, 0.2) is 0 Å². The molecule has 2 unspecified atom stereocenters. The highest BCUT2D eigenvalue weighted by atomic mass is 16.3. The summed E-state index contributed by atoms with van der Waals surface area (Å²) in [7, 11) is 0. The highest BCUT2D eigenvalue weighted by molar-refractivity contribution is 5.78. The molecule has 1 aromatic rings. The molecule has 0 aliphatic carbocycles. The fourth-order valence-electron chi connectivity index (χ4n) is 2.04. The topological polar surface area (TPSA) is 49.3 Å². The van der Waals surface area contributed by atoms with Crippen LogP contribution in [0.5, 0.6) is 0 Å². The van der Waals surface area contributed by atoms with Gasteiger partial charge in [-0.15, -0.1) is 0 Å². The molecule has 106 valence electrons. The number of aliphatic hydroxyl groups excluding tert-OH is 1. The van der Waals surface area contributed by atoms with E-state index in [1.807, 2.05) is 32.0 Å².